The first kappa shape index (κ1) is 36.3. The van der Waals surface area contributed by atoms with Gasteiger partial charge in [-0.2, -0.15) is 15.0 Å². The van der Waals surface area contributed by atoms with Crippen molar-refractivity contribution >= 4 is 56.0 Å². The summed E-state index contributed by atoms with van der Waals surface area (Å²) >= 11 is 8.06. The fourth-order valence-electron chi connectivity index (χ4n) is 8.33. The van der Waals surface area contributed by atoms with Crippen molar-refractivity contribution in [3.8, 4) is 22.7 Å². The highest BCUT2D eigenvalue weighted by molar-refractivity contribution is 7.19. The number of ether oxygens (including phenoxy) is 6. The average molecular weight is 767 g/mol. The predicted octanol–water partition coefficient (Wildman–Crippen LogP) is 7.28. The van der Waals surface area contributed by atoms with Gasteiger partial charge in [0.1, 0.15) is 29.2 Å². The van der Waals surface area contributed by atoms with Crippen molar-refractivity contribution in [2.24, 2.45) is 0 Å². The van der Waals surface area contributed by atoms with Gasteiger partial charge in [-0.25, -0.2) is 4.79 Å². The van der Waals surface area contributed by atoms with Crippen molar-refractivity contribution in [1.29, 1.82) is 0 Å². The summed E-state index contributed by atoms with van der Waals surface area (Å²) in [6.07, 6.45) is 6.13. The molecule has 53 heavy (non-hydrogen) atoms. The number of amides is 1. The summed E-state index contributed by atoms with van der Waals surface area (Å²) in [5, 5.41) is 2.52. The van der Waals surface area contributed by atoms with E-state index in [9.17, 15) is 4.79 Å². The lowest BCUT2D eigenvalue weighted by Crippen LogP contribution is -2.57. The molecule has 13 nitrogen and oxygen atoms in total. The van der Waals surface area contributed by atoms with Gasteiger partial charge >= 0.3 is 12.1 Å². The highest BCUT2D eigenvalue weighted by Crippen LogP contribution is 2.44. The molecule has 15 heteroatoms. The van der Waals surface area contributed by atoms with Crippen LogP contribution in [0.15, 0.2) is 30.3 Å². The molecule has 2 aromatic heterocycles. The summed E-state index contributed by atoms with van der Waals surface area (Å²) in [6, 6.07) is 9.69. The van der Waals surface area contributed by atoms with Gasteiger partial charge in [0.05, 0.1) is 35.9 Å². The van der Waals surface area contributed by atoms with Crippen LogP contribution in [0.2, 0.25) is 5.02 Å². The Morgan fingerprint density at radius 3 is 2.53 bits per heavy atom. The first-order valence-corrected chi connectivity index (χ1v) is 19.7. The Morgan fingerprint density at radius 2 is 1.79 bits per heavy atom. The quantitative estimate of drug-likeness (QED) is 0.106. The van der Waals surface area contributed by atoms with Gasteiger partial charge in [0, 0.05) is 31.7 Å². The minimum Gasteiger partial charge on any atom is -0.467 e. The molecule has 4 saturated heterocycles. The van der Waals surface area contributed by atoms with Gasteiger partial charge in [0.2, 0.25) is 0 Å². The van der Waals surface area contributed by atoms with Gasteiger partial charge < -0.3 is 33.3 Å². The third kappa shape index (κ3) is 7.53. The molecular weight excluding hydrogens is 720 g/mol. The maximum Gasteiger partial charge on any atom is 0.410 e. The summed E-state index contributed by atoms with van der Waals surface area (Å²) in [7, 11) is 1.63. The Bertz CT molecular complexity index is 1950. The number of anilines is 1. The van der Waals surface area contributed by atoms with E-state index >= 15 is 0 Å². The Hall–Kier alpha value is -3.69. The van der Waals surface area contributed by atoms with E-state index in [0.29, 0.717) is 76.8 Å². The van der Waals surface area contributed by atoms with Gasteiger partial charge in [0.25, 0.3) is 5.19 Å². The molecule has 4 aliphatic rings. The smallest absolute Gasteiger partial charge is 0.410 e. The zero-order valence-corrected chi connectivity index (χ0v) is 32.3. The molecule has 0 N–H and O–H groups in total. The van der Waals surface area contributed by atoms with E-state index in [0.717, 1.165) is 49.5 Å². The number of hydrogen-bond acceptors (Lipinski definition) is 13. The number of methoxy groups -OCH3 is 1. The van der Waals surface area contributed by atoms with E-state index in [1.54, 1.807) is 13.2 Å². The summed E-state index contributed by atoms with van der Waals surface area (Å²) in [5.41, 5.74) is 0.0990. The number of nitrogens with zero attached hydrogens (tertiary/aromatic N) is 6. The first-order valence-electron chi connectivity index (χ1n) is 18.5. The number of fused-ring (bicyclic) bond motifs is 5. The zero-order chi connectivity index (χ0) is 36.7. The highest BCUT2D eigenvalue weighted by Gasteiger charge is 2.46. The van der Waals surface area contributed by atoms with Gasteiger partial charge in [-0.1, -0.05) is 35.1 Å². The number of carbonyl (C=O) groups excluding carboxylic acids is 1. The van der Waals surface area contributed by atoms with Crippen molar-refractivity contribution in [3.05, 3.63) is 35.4 Å². The summed E-state index contributed by atoms with van der Waals surface area (Å²) in [6.45, 7) is 10.6. The van der Waals surface area contributed by atoms with Crippen LogP contribution in [-0.2, 0) is 14.2 Å². The Morgan fingerprint density at radius 1 is 1.02 bits per heavy atom. The standard InChI is InChI=1S/C38H47ClN6O7S/c1-37(2,3)52-36(46)45-25-10-11-26(45)21-43(20-25)32-31-33(42-34(41-32)49-22-38-12-6-14-44(38)15-7-13-38)53-35(40-31)51-29-19-27(50-23-48-17-16-47-4)18-24-8-5-9-28(39)30(24)29/h5,8-9,18-19,25-26H,6-7,10-17,20-23H2,1-4H3. The molecule has 0 saturated carbocycles. The van der Waals surface area contributed by atoms with Crippen molar-refractivity contribution in [2.75, 3.05) is 64.8 Å². The van der Waals surface area contributed by atoms with Gasteiger partial charge in [-0.05, 0) is 89.9 Å². The number of halogens is 1. The fourth-order valence-corrected chi connectivity index (χ4v) is 9.40. The van der Waals surface area contributed by atoms with Crippen LogP contribution in [0.25, 0.3) is 21.1 Å². The second-order valence-corrected chi connectivity index (χ2v) is 16.7. The van der Waals surface area contributed by atoms with Crippen molar-refractivity contribution < 1.29 is 33.2 Å². The number of piperazine rings is 1. The van der Waals surface area contributed by atoms with Crippen molar-refractivity contribution in [1.82, 2.24) is 24.8 Å². The zero-order valence-electron chi connectivity index (χ0n) is 30.8. The number of benzene rings is 2. The van der Waals surface area contributed by atoms with Crippen LogP contribution < -0.4 is 19.1 Å². The van der Waals surface area contributed by atoms with E-state index in [2.05, 4.69) is 9.80 Å². The van der Waals surface area contributed by atoms with E-state index in [-0.39, 0.29) is 30.5 Å². The van der Waals surface area contributed by atoms with Crippen LogP contribution in [0.3, 0.4) is 0 Å². The van der Waals surface area contributed by atoms with Gasteiger partial charge in [-0.3, -0.25) is 9.80 Å². The number of thiazole rings is 1. The summed E-state index contributed by atoms with van der Waals surface area (Å²) in [4.78, 5) is 35.6. The molecule has 2 bridgehead atoms. The maximum absolute atomic E-state index is 13.3. The first-order chi connectivity index (χ1) is 25.6. The average Bonchev–Trinajstić information content (AvgIpc) is 3.87. The molecule has 284 valence electrons. The molecule has 6 heterocycles. The Labute approximate surface area is 318 Å². The van der Waals surface area contributed by atoms with Crippen LogP contribution >= 0.6 is 22.9 Å². The summed E-state index contributed by atoms with van der Waals surface area (Å²) in [5.74, 6) is 1.74. The van der Waals surface area contributed by atoms with E-state index in [4.69, 9.17) is 55.0 Å². The number of rotatable bonds is 12. The number of aromatic nitrogens is 3. The largest absolute Gasteiger partial charge is 0.467 e. The van der Waals surface area contributed by atoms with Crippen molar-refractivity contribution in [2.45, 2.75) is 82.5 Å². The van der Waals surface area contributed by atoms with Crippen LogP contribution in [0.5, 0.6) is 22.7 Å². The molecule has 0 radical (unpaired) electrons. The SMILES string of the molecule is COCCOCOc1cc(Oc2nc3c(N4CC5CCC(C4)N5C(=O)OC(C)(C)C)nc(OCC45CCCN4CCC5)nc3s2)c2c(Cl)cccc2c1. The van der Waals surface area contributed by atoms with Crippen LogP contribution in [0.1, 0.15) is 59.3 Å². The lowest BCUT2D eigenvalue weighted by atomic mass is 9.95. The highest BCUT2D eigenvalue weighted by atomic mass is 35.5. The molecule has 8 rings (SSSR count). The second kappa shape index (κ2) is 14.9. The third-order valence-electron chi connectivity index (χ3n) is 10.7. The van der Waals surface area contributed by atoms with E-state index in [1.165, 1.54) is 24.2 Å². The predicted molar refractivity (Wildman–Crippen MR) is 203 cm³/mol. The molecule has 4 fully saturated rings. The molecule has 1 amide bonds. The lowest BCUT2D eigenvalue weighted by molar-refractivity contribution is -0.00846. The molecule has 0 aliphatic carbocycles. The summed E-state index contributed by atoms with van der Waals surface area (Å²) < 4.78 is 35.4. The molecule has 4 aliphatic heterocycles. The number of hydrogen-bond donors (Lipinski definition) is 0. The van der Waals surface area contributed by atoms with Crippen LogP contribution in [0.4, 0.5) is 10.6 Å². The molecule has 2 aromatic carbocycles. The maximum atomic E-state index is 13.3. The van der Waals surface area contributed by atoms with Gasteiger partial charge in [-0.15, -0.1) is 0 Å². The minimum atomic E-state index is -0.567. The monoisotopic (exact) mass is 766 g/mol. The topological polar surface area (TPSA) is 121 Å². The second-order valence-electron chi connectivity index (χ2n) is 15.4. The number of carbonyl (C=O) groups is 1. The third-order valence-corrected chi connectivity index (χ3v) is 11.8. The molecular formula is C38H47ClN6O7S. The van der Waals surface area contributed by atoms with Crippen LogP contribution in [-0.4, -0.2) is 114 Å². The van der Waals surface area contributed by atoms with Crippen molar-refractivity contribution in [3.63, 3.8) is 0 Å². The Balaban J connectivity index is 1.11. The molecule has 2 unspecified atom stereocenters. The normalized spacial score (nSPS) is 21.1. The van der Waals surface area contributed by atoms with E-state index < -0.39 is 5.60 Å². The molecule has 4 aromatic rings. The van der Waals surface area contributed by atoms with Crippen LogP contribution in [0, 0.1) is 0 Å². The van der Waals surface area contributed by atoms with E-state index in [1.807, 2.05) is 49.9 Å². The Kier molecular flexibility index (Phi) is 10.2. The fraction of sp³-hybridized carbons (Fsp3) is 0.579. The minimum absolute atomic E-state index is 0.00788. The molecule has 2 atom stereocenters. The molecule has 0 spiro atoms. The van der Waals surface area contributed by atoms with Gasteiger partial charge in [0.15, 0.2) is 17.4 Å². The lowest BCUT2D eigenvalue weighted by Gasteiger charge is -2.41.